The van der Waals surface area contributed by atoms with E-state index >= 15 is 0 Å². The summed E-state index contributed by atoms with van der Waals surface area (Å²) in [5.74, 6) is 0.441. The fourth-order valence-corrected chi connectivity index (χ4v) is 3.96. The van der Waals surface area contributed by atoms with E-state index in [-0.39, 0.29) is 11.7 Å². The van der Waals surface area contributed by atoms with E-state index in [0.717, 1.165) is 49.7 Å². The number of hydrogen-bond donors (Lipinski definition) is 1. The summed E-state index contributed by atoms with van der Waals surface area (Å²) in [6.45, 7) is 8.48. The van der Waals surface area contributed by atoms with Gasteiger partial charge in [-0.1, -0.05) is 30.0 Å². The number of amides is 1. The lowest BCUT2D eigenvalue weighted by Crippen LogP contribution is -2.46. The lowest BCUT2D eigenvalue weighted by atomic mass is 10.2. The van der Waals surface area contributed by atoms with E-state index in [1.165, 1.54) is 11.8 Å². The molecule has 0 spiro atoms. The zero-order chi connectivity index (χ0) is 21.5. The standard InChI is InChI=1S/C22H24N6O2S/c1-2-10-27-11-13-28(14-12-27)19-8-4-3-7-18(19)24-20(29)16-31-22-26-25-21(30-22)17-6-5-9-23-15-17/h2-9,15H,1,10-14,16H2,(H,24,29). The number of piperazine rings is 1. The molecule has 2 aromatic heterocycles. The Balaban J connectivity index is 1.33. The van der Waals surface area contributed by atoms with Gasteiger partial charge in [-0.15, -0.1) is 16.8 Å². The number of carbonyl (C=O) groups excluding carboxylic acids is 1. The van der Waals surface area contributed by atoms with Gasteiger partial charge in [-0.25, -0.2) is 0 Å². The number of hydrogen-bond acceptors (Lipinski definition) is 8. The summed E-state index contributed by atoms with van der Waals surface area (Å²) >= 11 is 1.21. The van der Waals surface area contributed by atoms with Crippen molar-refractivity contribution in [3.05, 3.63) is 61.4 Å². The zero-order valence-electron chi connectivity index (χ0n) is 17.1. The van der Waals surface area contributed by atoms with Crippen LogP contribution in [0.3, 0.4) is 0 Å². The molecule has 1 saturated heterocycles. The summed E-state index contributed by atoms with van der Waals surface area (Å²) in [7, 11) is 0. The SMILES string of the molecule is C=CCN1CCN(c2ccccc2NC(=O)CSc2nnc(-c3cccnc3)o2)CC1. The molecule has 1 aromatic carbocycles. The van der Waals surface area contributed by atoms with Crippen LogP contribution < -0.4 is 10.2 Å². The second-order valence-corrected chi connectivity index (χ2v) is 7.97. The zero-order valence-corrected chi connectivity index (χ0v) is 17.9. The first-order valence-corrected chi connectivity index (χ1v) is 11.1. The first kappa shape index (κ1) is 21.1. The van der Waals surface area contributed by atoms with Crippen LogP contribution in [0.5, 0.6) is 0 Å². The summed E-state index contributed by atoms with van der Waals surface area (Å²) in [5.41, 5.74) is 2.59. The number of pyridine rings is 1. The summed E-state index contributed by atoms with van der Waals surface area (Å²) in [5, 5.41) is 11.4. The molecule has 0 radical (unpaired) electrons. The molecule has 0 aliphatic carbocycles. The lowest BCUT2D eigenvalue weighted by Gasteiger charge is -2.36. The Hall–Kier alpha value is -3.17. The molecule has 1 aliphatic heterocycles. The second kappa shape index (κ2) is 10.2. The molecule has 31 heavy (non-hydrogen) atoms. The molecule has 4 rings (SSSR count). The highest BCUT2D eigenvalue weighted by Crippen LogP contribution is 2.27. The fourth-order valence-electron chi connectivity index (χ4n) is 3.40. The van der Waals surface area contributed by atoms with Crippen molar-refractivity contribution < 1.29 is 9.21 Å². The van der Waals surface area contributed by atoms with Crippen LogP contribution in [0.4, 0.5) is 11.4 Å². The Morgan fingerprint density at radius 2 is 2.00 bits per heavy atom. The first-order valence-electron chi connectivity index (χ1n) is 10.1. The third-order valence-corrected chi connectivity index (χ3v) is 5.74. The average Bonchev–Trinajstić information content (AvgIpc) is 3.29. The van der Waals surface area contributed by atoms with Crippen molar-refractivity contribution in [2.24, 2.45) is 0 Å². The minimum atomic E-state index is -0.121. The number of aromatic nitrogens is 3. The number of carbonyl (C=O) groups is 1. The van der Waals surface area contributed by atoms with Crippen LogP contribution in [-0.2, 0) is 4.79 Å². The van der Waals surface area contributed by atoms with E-state index in [9.17, 15) is 4.79 Å². The van der Waals surface area contributed by atoms with Gasteiger partial charge in [-0.2, -0.15) is 0 Å². The van der Waals surface area contributed by atoms with Gasteiger partial charge < -0.3 is 14.6 Å². The Kier molecular flexibility index (Phi) is 6.96. The van der Waals surface area contributed by atoms with Crippen LogP contribution in [0.1, 0.15) is 0 Å². The average molecular weight is 437 g/mol. The van der Waals surface area contributed by atoms with E-state index in [1.54, 1.807) is 18.5 Å². The van der Waals surface area contributed by atoms with Gasteiger partial charge in [0, 0.05) is 45.1 Å². The Bertz CT molecular complexity index is 1020. The van der Waals surface area contributed by atoms with Crippen LogP contribution in [0.15, 0.2) is 71.1 Å². The Morgan fingerprint density at radius 1 is 1.16 bits per heavy atom. The number of rotatable bonds is 8. The van der Waals surface area contributed by atoms with Crippen LogP contribution >= 0.6 is 11.8 Å². The third kappa shape index (κ3) is 5.50. The molecule has 160 valence electrons. The van der Waals surface area contributed by atoms with Gasteiger partial charge in [0.1, 0.15) is 0 Å². The normalized spacial score (nSPS) is 14.4. The quantitative estimate of drug-likeness (QED) is 0.426. The number of nitrogens with zero attached hydrogens (tertiary/aromatic N) is 5. The van der Waals surface area contributed by atoms with E-state index in [4.69, 9.17) is 4.42 Å². The largest absolute Gasteiger partial charge is 0.411 e. The minimum absolute atomic E-state index is 0.121. The highest BCUT2D eigenvalue weighted by atomic mass is 32.2. The predicted molar refractivity (Wildman–Crippen MR) is 122 cm³/mol. The van der Waals surface area contributed by atoms with Crippen molar-refractivity contribution in [1.29, 1.82) is 0 Å². The smallest absolute Gasteiger partial charge is 0.277 e. The Morgan fingerprint density at radius 3 is 2.77 bits per heavy atom. The van der Waals surface area contributed by atoms with Crippen molar-refractivity contribution in [1.82, 2.24) is 20.1 Å². The van der Waals surface area contributed by atoms with Crippen molar-refractivity contribution in [2.75, 3.05) is 48.7 Å². The van der Waals surface area contributed by atoms with Gasteiger partial charge in [0.05, 0.1) is 22.7 Å². The van der Waals surface area contributed by atoms with E-state index < -0.39 is 0 Å². The molecule has 8 nitrogen and oxygen atoms in total. The summed E-state index contributed by atoms with van der Waals surface area (Å²) in [4.78, 5) is 21.3. The second-order valence-electron chi connectivity index (χ2n) is 7.05. The Labute approximate surface area is 185 Å². The molecular weight excluding hydrogens is 412 g/mol. The molecule has 1 amide bonds. The number of nitrogens with one attached hydrogen (secondary N) is 1. The summed E-state index contributed by atoms with van der Waals surface area (Å²) in [6, 6.07) is 11.5. The molecule has 9 heteroatoms. The van der Waals surface area contributed by atoms with Gasteiger partial charge >= 0.3 is 0 Å². The maximum Gasteiger partial charge on any atom is 0.277 e. The third-order valence-electron chi connectivity index (χ3n) is 4.92. The maximum atomic E-state index is 12.6. The van der Waals surface area contributed by atoms with Crippen molar-refractivity contribution in [3.63, 3.8) is 0 Å². The fraction of sp³-hybridized carbons (Fsp3) is 0.273. The molecule has 3 aromatic rings. The maximum absolute atomic E-state index is 12.6. The molecule has 3 heterocycles. The van der Waals surface area contributed by atoms with Crippen LogP contribution in [0.25, 0.3) is 11.5 Å². The number of para-hydroxylation sites is 2. The summed E-state index contributed by atoms with van der Waals surface area (Å²) in [6.07, 6.45) is 5.27. The van der Waals surface area contributed by atoms with Gasteiger partial charge in [0.2, 0.25) is 11.8 Å². The predicted octanol–water partition coefficient (Wildman–Crippen LogP) is 3.17. The molecule has 1 N–H and O–H groups in total. The van der Waals surface area contributed by atoms with E-state index in [1.807, 2.05) is 36.4 Å². The number of benzene rings is 1. The number of thioether (sulfide) groups is 1. The minimum Gasteiger partial charge on any atom is -0.411 e. The van der Waals surface area contributed by atoms with Gasteiger partial charge in [-0.3, -0.25) is 14.7 Å². The molecule has 0 bridgehead atoms. The van der Waals surface area contributed by atoms with Gasteiger partial charge in [0.15, 0.2) is 0 Å². The topological polar surface area (TPSA) is 87.4 Å². The van der Waals surface area contributed by atoms with Crippen molar-refractivity contribution >= 4 is 29.0 Å². The molecule has 1 fully saturated rings. The van der Waals surface area contributed by atoms with E-state index in [0.29, 0.717) is 11.1 Å². The molecule has 1 aliphatic rings. The van der Waals surface area contributed by atoms with Crippen LogP contribution in [0, 0.1) is 0 Å². The highest BCUT2D eigenvalue weighted by Gasteiger charge is 2.19. The van der Waals surface area contributed by atoms with Crippen molar-refractivity contribution in [2.45, 2.75) is 5.22 Å². The highest BCUT2D eigenvalue weighted by molar-refractivity contribution is 7.99. The molecule has 0 saturated carbocycles. The molecule has 0 unspecified atom stereocenters. The van der Waals surface area contributed by atoms with Gasteiger partial charge in [0.25, 0.3) is 5.22 Å². The number of anilines is 2. The lowest BCUT2D eigenvalue weighted by molar-refractivity contribution is -0.113. The van der Waals surface area contributed by atoms with Crippen molar-refractivity contribution in [3.8, 4) is 11.5 Å². The van der Waals surface area contributed by atoms with Crippen LogP contribution in [-0.4, -0.2) is 64.5 Å². The molecule has 0 atom stereocenters. The monoisotopic (exact) mass is 436 g/mol. The first-order chi connectivity index (χ1) is 15.2. The summed E-state index contributed by atoms with van der Waals surface area (Å²) < 4.78 is 5.62. The molecular formula is C22H24N6O2S. The van der Waals surface area contributed by atoms with Gasteiger partial charge in [-0.05, 0) is 24.3 Å². The van der Waals surface area contributed by atoms with Crippen LogP contribution in [0.2, 0.25) is 0 Å². The van der Waals surface area contributed by atoms with E-state index in [2.05, 4.69) is 36.9 Å².